The van der Waals surface area contributed by atoms with Gasteiger partial charge in [-0.15, -0.1) is 11.3 Å². The molecule has 1 aromatic heterocycles. The Hall–Kier alpha value is -2.70. The first-order valence-electron chi connectivity index (χ1n) is 6.91. The molecule has 0 aliphatic carbocycles. The Balaban J connectivity index is 1.81. The van der Waals surface area contributed by atoms with Gasteiger partial charge in [-0.25, -0.2) is 4.85 Å². The zero-order valence-corrected chi connectivity index (χ0v) is 12.6. The summed E-state index contributed by atoms with van der Waals surface area (Å²) in [7, 11) is 0. The standard InChI is InChI=1S/C19H13NOS/c1-20-16-9-5-8-15(13-16)18-10-11-19(22-18)17(21)12-14-6-3-2-4-7-14/h2-11,13H,12H2. The number of hydrogen-bond donors (Lipinski definition) is 0. The Morgan fingerprint density at radius 3 is 2.59 bits per heavy atom. The average Bonchev–Trinajstić information content (AvgIpc) is 3.06. The van der Waals surface area contributed by atoms with Crippen molar-refractivity contribution < 1.29 is 4.79 Å². The van der Waals surface area contributed by atoms with E-state index in [1.807, 2.05) is 60.7 Å². The number of carbonyl (C=O) groups excluding carboxylic acids is 1. The molecule has 0 aliphatic heterocycles. The third-order valence-corrected chi connectivity index (χ3v) is 4.52. The minimum atomic E-state index is 0.129. The Morgan fingerprint density at radius 1 is 1.00 bits per heavy atom. The summed E-state index contributed by atoms with van der Waals surface area (Å²) in [5, 5.41) is 0. The molecule has 0 fully saturated rings. The van der Waals surface area contributed by atoms with Gasteiger partial charge >= 0.3 is 0 Å². The van der Waals surface area contributed by atoms with Crippen molar-refractivity contribution in [2.45, 2.75) is 6.42 Å². The molecule has 3 aromatic rings. The maximum absolute atomic E-state index is 12.3. The average molecular weight is 303 g/mol. The largest absolute Gasteiger partial charge is 0.293 e. The molecule has 0 radical (unpaired) electrons. The first-order valence-corrected chi connectivity index (χ1v) is 7.73. The fraction of sp³-hybridized carbons (Fsp3) is 0.0526. The van der Waals surface area contributed by atoms with Gasteiger partial charge in [0, 0.05) is 11.3 Å². The van der Waals surface area contributed by atoms with Gasteiger partial charge in [0.1, 0.15) is 0 Å². The van der Waals surface area contributed by atoms with Crippen molar-refractivity contribution in [2.75, 3.05) is 0 Å². The fourth-order valence-electron chi connectivity index (χ4n) is 2.24. The Kier molecular flexibility index (Phi) is 4.13. The molecule has 0 N–H and O–H groups in total. The highest BCUT2D eigenvalue weighted by molar-refractivity contribution is 7.17. The van der Waals surface area contributed by atoms with Crippen LogP contribution >= 0.6 is 11.3 Å². The topological polar surface area (TPSA) is 21.4 Å². The van der Waals surface area contributed by atoms with Crippen LogP contribution in [-0.4, -0.2) is 5.78 Å². The van der Waals surface area contributed by atoms with Crippen LogP contribution in [0.4, 0.5) is 5.69 Å². The van der Waals surface area contributed by atoms with Crippen LogP contribution in [0.3, 0.4) is 0 Å². The number of nitrogens with zero attached hydrogens (tertiary/aromatic N) is 1. The second-order valence-electron chi connectivity index (χ2n) is 4.91. The van der Waals surface area contributed by atoms with E-state index in [9.17, 15) is 4.79 Å². The van der Waals surface area contributed by atoms with E-state index >= 15 is 0 Å². The SMILES string of the molecule is [C-]#[N+]c1cccc(-c2ccc(C(=O)Cc3ccccc3)s2)c1. The monoisotopic (exact) mass is 303 g/mol. The van der Waals surface area contributed by atoms with Gasteiger partial charge in [-0.3, -0.25) is 4.79 Å². The molecule has 0 unspecified atom stereocenters. The lowest BCUT2D eigenvalue weighted by Gasteiger charge is -1.99. The normalized spacial score (nSPS) is 10.1. The molecule has 0 bridgehead atoms. The lowest BCUT2D eigenvalue weighted by Crippen LogP contribution is -2.00. The van der Waals surface area contributed by atoms with Crippen molar-refractivity contribution in [3.63, 3.8) is 0 Å². The number of ketones is 1. The summed E-state index contributed by atoms with van der Waals surface area (Å²) in [5.74, 6) is 0.129. The number of hydrogen-bond acceptors (Lipinski definition) is 2. The van der Waals surface area contributed by atoms with Gasteiger partial charge in [0.05, 0.1) is 11.4 Å². The molecule has 0 aliphatic rings. The van der Waals surface area contributed by atoms with Crippen molar-refractivity contribution in [3.05, 3.63) is 88.6 Å². The molecule has 1 heterocycles. The Labute approximate surface area is 133 Å². The van der Waals surface area contributed by atoms with Crippen molar-refractivity contribution in [2.24, 2.45) is 0 Å². The summed E-state index contributed by atoms with van der Waals surface area (Å²) in [5.41, 5.74) is 2.62. The van der Waals surface area contributed by atoms with Gasteiger partial charge in [0.15, 0.2) is 11.5 Å². The van der Waals surface area contributed by atoms with E-state index in [1.165, 1.54) is 11.3 Å². The minimum absolute atomic E-state index is 0.129. The van der Waals surface area contributed by atoms with Gasteiger partial charge in [0.25, 0.3) is 0 Å². The molecule has 22 heavy (non-hydrogen) atoms. The molecule has 106 valence electrons. The molecule has 0 amide bonds. The van der Waals surface area contributed by atoms with E-state index in [1.54, 1.807) is 6.07 Å². The Bertz CT molecular complexity index is 843. The van der Waals surface area contributed by atoms with Gasteiger partial charge in [-0.05, 0) is 29.3 Å². The quantitative estimate of drug-likeness (QED) is 0.467. The summed E-state index contributed by atoms with van der Waals surface area (Å²) < 4.78 is 0. The highest BCUT2D eigenvalue weighted by Crippen LogP contribution is 2.31. The van der Waals surface area contributed by atoms with Crippen LogP contribution in [0, 0.1) is 6.57 Å². The van der Waals surface area contributed by atoms with E-state index in [0.29, 0.717) is 12.1 Å². The van der Waals surface area contributed by atoms with E-state index in [2.05, 4.69) is 4.85 Å². The van der Waals surface area contributed by atoms with Gasteiger partial charge in [-0.2, -0.15) is 0 Å². The first-order chi connectivity index (χ1) is 10.8. The third kappa shape index (κ3) is 3.13. The van der Waals surface area contributed by atoms with Crippen molar-refractivity contribution in [1.82, 2.24) is 0 Å². The molecule has 0 spiro atoms. The van der Waals surface area contributed by atoms with Crippen LogP contribution < -0.4 is 0 Å². The van der Waals surface area contributed by atoms with E-state index in [0.717, 1.165) is 20.9 Å². The van der Waals surface area contributed by atoms with Crippen molar-refractivity contribution in [1.29, 1.82) is 0 Å². The van der Waals surface area contributed by atoms with Crippen LogP contribution in [-0.2, 0) is 6.42 Å². The molecule has 0 saturated heterocycles. The predicted molar refractivity (Wildman–Crippen MR) is 90.5 cm³/mol. The van der Waals surface area contributed by atoms with Gasteiger partial charge < -0.3 is 0 Å². The van der Waals surface area contributed by atoms with Gasteiger partial charge in [0.2, 0.25) is 0 Å². The summed E-state index contributed by atoms with van der Waals surface area (Å²) in [6, 6.07) is 21.0. The summed E-state index contributed by atoms with van der Waals surface area (Å²) >= 11 is 1.48. The maximum atomic E-state index is 12.3. The first kappa shape index (κ1) is 14.2. The predicted octanol–water partition coefficient (Wildman–Crippen LogP) is 5.39. The molecular weight excluding hydrogens is 290 g/mol. The van der Waals surface area contributed by atoms with E-state index in [4.69, 9.17) is 6.57 Å². The summed E-state index contributed by atoms with van der Waals surface area (Å²) in [4.78, 5) is 17.6. The third-order valence-electron chi connectivity index (χ3n) is 3.35. The molecule has 0 saturated carbocycles. The summed E-state index contributed by atoms with van der Waals surface area (Å²) in [6.07, 6.45) is 0.420. The number of thiophene rings is 1. The lowest BCUT2D eigenvalue weighted by atomic mass is 10.1. The van der Waals surface area contributed by atoms with Crippen LogP contribution in [0.5, 0.6) is 0 Å². The number of rotatable bonds is 4. The smallest absolute Gasteiger partial charge is 0.187 e. The zero-order valence-electron chi connectivity index (χ0n) is 11.8. The molecule has 3 rings (SSSR count). The van der Waals surface area contributed by atoms with Gasteiger partial charge in [-0.1, -0.05) is 48.5 Å². The number of benzene rings is 2. The van der Waals surface area contributed by atoms with Crippen LogP contribution in [0.2, 0.25) is 0 Å². The second-order valence-corrected chi connectivity index (χ2v) is 6.00. The van der Waals surface area contributed by atoms with Crippen LogP contribution in [0.15, 0.2) is 66.7 Å². The molecular formula is C19H13NOS. The molecule has 2 aromatic carbocycles. The number of carbonyl (C=O) groups is 1. The maximum Gasteiger partial charge on any atom is 0.187 e. The molecule has 2 nitrogen and oxygen atoms in total. The molecule has 3 heteroatoms. The summed E-state index contributed by atoms with van der Waals surface area (Å²) in [6.45, 7) is 7.08. The van der Waals surface area contributed by atoms with Crippen LogP contribution in [0.1, 0.15) is 15.2 Å². The Morgan fingerprint density at radius 2 is 1.82 bits per heavy atom. The minimum Gasteiger partial charge on any atom is -0.293 e. The number of Topliss-reactive ketones (excluding diaryl/α,β-unsaturated/α-hetero) is 1. The van der Waals surface area contributed by atoms with Crippen LogP contribution in [0.25, 0.3) is 15.3 Å². The fourth-order valence-corrected chi connectivity index (χ4v) is 3.18. The highest BCUT2D eigenvalue weighted by Gasteiger charge is 2.11. The lowest BCUT2D eigenvalue weighted by molar-refractivity contribution is 0.0997. The van der Waals surface area contributed by atoms with Crippen molar-refractivity contribution >= 4 is 22.8 Å². The highest BCUT2D eigenvalue weighted by atomic mass is 32.1. The second kappa shape index (κ2) is 6.38. The van der Waals surface area contributed by atoms with E-state index in [-0.39, 0.29) is 5.78 Å². The van der Waals surface area contributed by atoms with E-state index < -0.39 is 0 Å². The zero-order chi connectivity index (χ0) is 15.4. The van der Waals surface area contributed by atoms with Crippen molar-refractivity contribution in [3.8, 4) is 10.4 Å². The molecule has 0 atom stereocenters.